The SMILES string of the molecule is C[C@@H](NC(=O)c1ccc2ccccc2n1)c1ccc(Br)cc1. The summed E-state index contributed by atoms with van der Waals surface area (Å²) in [7, 11) is 0. The Bertz CT molecular complexity index is 815. The first-order valence-corrected chi connectivity index (χ1v) is 7.85. The van der Waals surface area contributed by atoms with Gasteiger partial charge in [0.1, 0.15) is 5.69 Å². The Morgan fingerprint density at radius 1 is 1.05 bits per heavy atom. The zero-order chi connectivity index (χ0) is 15.5. The van der Waals surface area contributed by atoms with Crippen LogP contribution in [0.15, 0.2) is 65.1 Å². The number of para-hydroxylation sites is 1. The van der Waals surface area contributed by atoms with E-state index in [1.807, 2.05) is 61.5 Å². The first kappa shape index (κ1) is 14.7. The molecule has 0 fully saturated rings. The largest absolute Gasteiger partial charge is 0.344 e. The molecule has 4 heteroatoms. The molecule has 0 spiro atoms. The first-order valence-electron chi connectivity index (χ1n) is 7.05. The van der Waals surface area contributed by atoms with Gasteiger partial charge in [0.2, 0.25) is 0 Å². The van der Waals surface area contributed by atoms with Gasteiger partial charge in [-0.25, -0.2) is 4.98 Å². The average molecular weight is 355 g/mol. The lowest BCUT2D eigenvalue weighted by Crippen LogP contribution is -2.27. The summed E-state index contributed by atoms with van der Waals surface area (Å²) in [4.78, 5) is 16.8. The molecule has 3 nitrogen and oxygen atoms in total. The lowest BCUT2D eigenvalue weighted by atomic mass is 10.1. The van der Waals surface area contributed by atoms with E-state index in [0.717, 1.165) is 20.9 Å². The summed E-state index contributed by atoms with van der Waals surface area (Å²) in [6.07, 6.45) is 0. The van der Waals surface area contributed by atoms with Crippen molar-refractivity contribution in [3.8, 4) is 0 Å². The highest BCUT2D eigenvalue weighted by atomic mass is 79.9. The van der Waals surface area contributed by atoms with Gasteiger partial charge in [-0.3, -0.25) is 4.79 Å². The van der Waals surface area contributed by atoms with Crippen molar-refractivity contribution in [2.45, 2.75) is 13.0 Å². The third kappa shape index (κ3) is 3.17. The van der Waals surface area contributed by atoms with Crippen LogP contribution < -0.4 is 5.32 Å². The van der Waals surface area contributed by atoms with Gasteiger partial charge in [-0.2, -0.15) is 0 Å². The molecule has 0 aliphatic heterocycles. The number of rotatable bonds is 3. The molecule has 1 amide bonds. The van der Waals surface area contributed by atoms with E-state index in [-0.39, 0.29) is 11.9 Å². The average Bonchev–Trinajstić information content (AvgIpc) is 2.55. The van der Waals surface area contributed by atoms with E-state index in [9.17, 15) is 4.79 Å². The lowest BCUT2D eigenvalue weighted by Gasteiger charge is -2.14. The minimum atomic E-state index is -0.166. The van der Waals surface area contributed by atoms with Crippen molar-refractivity contribution in [3.63, 3.8) is 0 Å². The minimum Gasteiger partial charge on any atom is -0.344 e. The maximum Gasteiger partial charge on any atom is 0.270 e. The number of hydrogen-bond donors (Lipinski definition) is 1. The van der Waals surface area contributed by atoms with Crippen LogP contribution >= 0.6 is 15.9 Å². The first-order chi connectivity index (χ1) is 10.6. The Hall–Kier alpha value is -2.20. The van der Waals surface area contributed by atoms with Crippen LogP contribution in [-0.2, 0) is 0 Å². The normalized spacial score (nSPS) is 12.1. The number of fused-ring (bicyclic) bond motifs is 1. The van der Waals surface area contributed by atoms with Crippen molar-refractivity contribution in [1.82, 2.24) is 10.3 Å². The Morgan fingerprint density at radius 3 is 2.55 bits per heavy atom. The molecule has 22 heavy (non-hydrogen) atoms. The smallest absolute Gasteiger partial charge is 0.270 e. The van der Waals surface area contributed by atoms with Crippen molar-refractivity contribution >= 4 is 32.7 Å². The molecule has 0 aliphatic rings. The zero-order valence-electron chi connectivity index (χ0n) is 12.1. The fourth-order valence-electron chi connectivity index (χ4n) is 2.30. The second-order valence-corrected chi connectivity index (χ2v) is 6.05. The van der Waals surface area contributed by atoms with Gasteiger partial charge in [-0.1, -0.05) is 52.3 Å². The van der Waals surface area contributed by atoms with Gasteiger partial charge >= 0.3 is 0 Å². The standard InChI is InChI=1S/C18H15BrN2O/c1-12(13-6-9-15(19)10-7-13)20-18(22)17-11-8-14-4-2-3-5-16(14)21-17/h2-12H,1H3,(H,20,22)/t12-/m1/s1. The summed E-state index contributed by atoms with van der Waals surface area (Å²) < 4.78 is 1.02. The Balaban J connectivity index is 1.79. The Morgan fingerprint density at radius 2 is 1.77 bits per heavy atom. The molecule has 0 saturated heterocycles. The van der Waals surface area contributed by atoms with Gasteiger partial charge in [0, 0.05) is 9.86 Å². The third-order valence-electron chi connectivity index (χ3n) is 3.55. The van der Waals surface area contributed by atoms with Gasteiger partial charge in [0.05, 0.1) is 11.6 Å². The molecule has 110 valence electrons. The Kier molecular flexibility index (Phi) is 4.20. The van der Waals surface area contributed by atoms with Crippen molar-refractivity contribution in [1.29, 1.82) is 0 Å². The second kappa shape index (κ2) is 6.28. The maximum atomic E-state index is 12.4. The van der Waals surface area contributed by atoms with Gasteiger partial charge in [0.15, 0.2) is 0 Å². The summed E-state index contributed by atoms with van der Waals surface area (Å²) in [6.45, 7) is 1.96. The number of aromatic nitrogens is 1. The van der Waals surface area contributed by atoms with Crippen molar-refractivity contribution in [3.05, 3.63) is 76.4 Å². The van der Waals surface area contributed by atoms with Crippen LogP contribution in [0, 0.1) is 0 Å². The number of nitrogens with zero attached hydrogens (tertiary/aromatic N) is 1. The number of carbonyl (C=O) groups excluding carboxylic acids is 1. The number of pyridine rings is 1. The topological polar surface area (TPSA) is 42.0 Å². The highest BCUT2D eigenvalue weighted by Crippen LogP contribution is 2.17. The molecule has 0 bridgehead atoms. The molecule has 1 heterocycles. The number of hydrogen-bond acceptors (Lipinski definition) is 2. The second-order valence-electron chi connectivity index (χ2n) is 5.14. The van der Waals surface area contributed by atoms with Crippen molar-refractivity contribution in [2.24, 2.45) is 0 Å². The van der Waals surface area contributed by atoms with E-state index in [1.165, 1.54) is 0 Å². The minimum absolute atomic E-state index is 0.0751. The maximum absolute atomic E-state index is 12.4. The zero-order valence-corrected chi connectivity index (χ0v) is 13.7. The molecule has 0 aliphatic carbocycles. The van der Waals surface area contributed by atoms with E-state index in [4.69, 9.17) is 0 Å². The van der Waals surface area contributed by atoms with Crippen LogP contribution in [0.3, 0.4) is 0 Å². The molecular weight excluding hydrogens is 340 g/mol. The van der Waals surface area contributed by atoms with Crippen LogP contribution in [0.1, 0.15) is 29.0 Å². The highest BCUT2D eigenvalue weighted by molar-refractivity contribution is 9.10. The summed E-state index contributed by atoms with van der Waals surface area (Å²) in [5, 5.41) is 4.01. The quantitative estimate of drug-likeness (QED) is 0.752. The van der Waals surface area contributed by atoms with Crippen LogP contribution in [0.25, 0.3) is 10.9 Å². The van der Waals surface area contributed by atoms with E-state index in [0.29, 0.717) is 5.69 Å². The number of nitrogens with one attached hydrogen (secondary N) is 1. The molecular formula is C18H15BrN2O. The molecule has 3 aromatic rings. The fourth-order valence-corrected chi connectivity index (χ4v) is 2.56. The van der Waals surface area contributed by atoms with Crippen LogP contribution in [0.5, 0.6) is 0 Å². The lowest BCUT2D eigenvalue weighted by molar-refractivity contribution is 0.0935. The molecule has 0 radical (unpaired) electrons. The summed E-state index contributed by atoms with van der Waals surface area (Å²) >= 11 is 3.41. The fraction of sp³-hybridized carbons (Fsp3) is 0.111. The molecule has 0 unspecified atom stereocenters. The number of halogens is 1. The molecule has 1 aromatic heterocycles. The van der Waals surface area contributed by atoms with Gasteiger partial charge in [-0.15, -0.1) is 0 Å². The molecule has 0 saturated carbocycles. The Labute approximate surface area is 137 Å². The monoisotopic (exact) mass is 354 g/mol. The molecule has 3 rings (SSSR count). The predicted octanol–water partition coefficient (Wildman–Crippen LogP) is 4.49. The van der Waals surface area contributed by atoms with E-state index >= 15 is 0 Å². The van der Waals surface area contributed by atoms with Crippen molar-refractivity contribution in [2.75, 3.05) is 0 Å². The van der Waals surface area contributed by atoms with E-state index in [2.05, 4.69) is 26.2 Å². The summed E-state index contributed by atoms with van der Waals surface area (Å²) in [5.74, 6) is -0.166. The van der Waals surface area contributed by atoms with Crippen molar-refractivity contribution < 1.29 is 4.79 Å². The van der Waals surface area contributed by atoms with Gasteiger partial charge in [-0.05, 0) is 36.8 Å². The van der Waals surface area contributed by atoms with Crippen LogP contribution in [0.2, 0.25) is 0 Å². The molecule has 2 aromatic carbocycles. The summed E-state index contributed by atoms with van der Waals surface area (Å²) in [5.41, 5.74) is 2.31. The van der Waals surface area contributed by atoms with Gasteiger partial charge in [0.25, 0.3) is 5.91 Å². The molecule has 1 N–H and O–H groups in total. The van der Waals surface area contributed by atoms with Crippen LogP contribution in [-0.4, -0.2) is 10.9 Å². The van der Waals surface area contributed by atoms with Crippen LogP contribution in [0.4, 0.5) is 0 Å². The number of amides is 1. The number of carbonyl (C=O) groups is 1. The van der Waals surface area contributed by atoms with Gasteiger partial charge < -0.3 is 5.32 Å². The van der Waals surface area contributed by atoms with E-state index in [1.54, 1.807) is 6.07 Å². The van der Waals surface area contributed by atoms with E-state index < -0.39 is 0 Å². The highest BCUT2D eigenvalue weighted by Gasteiger charge is 2.13. The molecule has 1 atom stereocenters. The summed E-state index contributed by atoms with van der Waals surface area (Å²) in [6, 6.07) is 19.3. The third-order valence-corrected chi connectivity index (χ3v) is 4.08. The number of benzene rings is 2. The predicted molar refractivity (Wildman–Crippen MR) is 91.8 cm³/mol.